The highest BCUT2D eigenvalue weighted by Gasteiger charge is 2.22. The van der Waals surface area contributed by atoms with Crippen molar-refractivity contribution in [2.24, 2.45) is 0 Å². The minimum absolute atomic E-state index is 0.292. The van der Waals surface area contributed by atoms with Crippen LogP contribution >= 0.6 is 15.9 Å². The van der Waals surface area contributed by atoms with Gasteiger partial charge in [0.2, 0.25) is 0 Å². The lowest BCUT2D eigenvalue weighted by Gasteiger charge is -2.22. The molecule has 2 aromatic carbocycles. The van der Waals surface area contributed by atoms with Gasteiger partial charge in [0.05, 0.1) is 23.5 Å². The minimum Gasteiger partial charge on any atom is -0.486 e. The number of nitrogens with one attached hydrogen (secondary N) is 1. The molecule has 3 aromatic rings. The monoisotopic (exact) mass is 459 g/mol. The van der Waals surface area contributed by atoms with Gasteiger partial charge < -0.3 is 14.8 Å². The SMILES string of the molecule is Cc1c(C(=O)NC(C)c2cc3c(cc2Br)OCCO3)cnn1-c1ccccc1F. The predicted octanol–water partition coefficient (Wildman–Crippen LogP) is 4.34. The standard InChI is InChI=1S/C21H19BrFN3O3/c1-12(14-9-19-20(10-16(14)22)29-8-7-28-19)25-21(27)15-11-24-26(13(15)2)18-6-4-3-5-17(18)23/h3-6,9-12H,7-8H2,1-2H3,(H,25,27). The second-order valence-electron chi connectivity index (χ2n) is 6.72. The molecule has 29 heavy (non-hydrogen) atoms. The summed E-state index contributed by atoms with van der Waals surface area (Å²) in [5.41, 5.74) is 2.10. The van der Waals surface area contributed by atoms with Gasteiger partial charge in [-0.25, -0.2) is 9.07 Å². The summed E-state index contributed by atoms with van der Waals surface area (Å²) >= 11 is 3.53. The molecule has 1 amide bonds. The molecule has 0 radical (unpaired) electrons. The first-order valence-corrected chi connectivity index (χ1v) is 9.94. The number of hydrogen-bond acceptors (Lipinski definition) is 4. The van der Waals surface area contributed by atoms with Crippen molar-refractivity contribution in [2.75, 3.05) is 13.2 Å². The summed E-state index contributed by atoms with van der Waals surface area (Å²) in [4.78, 5) is 12.8. The van der Waals surface area contributed by atoms with E-state index in [1.165, 1.54) is 16.9 Å². The summed E-state index contributed by atoms with van der Waals surface area (Å²) in [6.45, 7) is 4.61. The van der Waals surface area contributed by atoms with Gasteiger partial charge in [0.25, 0.3) is 5.91 Å². The molecule has 2 heterocycles. The summed E-state index contributed by atoms with van der Waals surface area (Å²) in [5.74, 6) is 0.630. The second-order valence-corrected chi connectivity index (χ2v) is 7.57. The molecule has 8 heteroatoms. The number of aromatic nitrogens is 2. The predicted molar refractivity (Wildman–Crippen MR) is 109 cm³/mol. The fraction of sp³-hybridized carbons (Fsp3) is 0.238. The number of carbonyl (C=O) groups is 1. The Morgan fingerprint density at radius 1 is 1.24 bits per heavy atom. The number of halogens is 2. The summed E-state index contributed by atoms with van der Waals surface area (Å²) in [6.07, 6.45) is 1.45. The molecular formula is C21H19BrFN3O3. The lowest BCUT2D eigenvalue weighted by Crippen LogP contribution is -2.27. The molecule has 1 unspecified atom stereocenters. The van der Waals surface area contributed by atoms with E-state index in [1.54, 1.807) is 25.1 Å². The Hall–Kier alpha value is -2.87. The smallest absolute Gasteiger partial charge is 0.255 e. The number of hydrogen-bond donors (Lipinski definition) is 1. The fourth-order valence-electron chi connectivity index (χ4n) is 3.26. The summed E-state index contributed by atoms with van der Waals surface area (Å²) < 4.78 is 27.5. The van der Waals surface area contributed by atoms with E-state index in [4.69, 9.17) is 9.47 Å². The molecule has 1 N–H and O–H groups in total. The molecule has 0 aliphatic carbocycles. The number of nitrogens with zero attached hydrogens (tertiary/aromatic N) is 2. The maximum absolute atomic E-state index is 14.1. The van der Waals surface area contributed by atoms with E-state index in [1.807, 2.05) is 19.1 Å². The highest BCUT2D eigenvalue weighted by atomic mass is 79.9. The molecule has 6 nitrogen and oxygen atoms in total. The number of para-hydroxylation sites is 1. The highest BCUT2D eigenvalue weighted by molar-refractivity contribution is 9.10. The molecule has 1 aliphatic heterocycles. The third kappa shape index (κ3) is 3.72. The van der Waals surface area contributed by atoms with Crippen molar-refractivity contribution in [3.63, 3.8) is 0 Å². The van der Waals surface area contributed by atoms with Gasteiger partial charge in [-0.05, 0) is 43.7 Å². The van der Waals surface area contributed by atoms with Crippen molar-refractivity contribution in [2.45, 2.75) is 19.9 Å². The van der Waals surface area contributed by atoms with Gasteiger partial charge in [-0.3, -0.25) is 4.79 Å². The van der Waals surface area contributed by atoms with E-state index in [-0.39, 0.29) is 11.9 Å². The Labute approximate surface area is 175 Å². The average Bonchev–Trinajstić information content (AvgIpc) is 3.09. The van der Waals surface area contributed by atoms with E-state index in [2.05, 4.69) is 26.3 Å². The van der Waals surface area contributed by atoms with Crippen LogP contribution in [0, 0.1) is 12.7 Å². The first-order chi connectivity index (χ1) is 14.0. The van der Waals surface area contributed by atoms with Crippen LogP contribution in [0.5, 0.6) is 11.5 Å². The molecule has 4 rings (SSSR count). The van der Waals surface area contributed by atoms with Crippen LogP contribution in [-0.4, -0.2) is 28.9 Å². The van der Waals surface area contributed by atoms with E-state index in [9.17, 15) is 9.18 Å². The molecule has 0 saturated carbocycles. The number of benzene rings is 2. The third-order valence-electron chi connectivity index (χ3n) is 4.81. The van der Waals surface area contributed by atoms with Gasteiger partial charge in [-0.15, -0.1) is 0 Å². The first-order valence-electron chi connectivity index (χ1n) is 9.15. The van der Waals surface area contributed by atoms with Crippen LogP contribution in [0.3, 0.4) is 0 Å². The minimum atomic E-state index is -0.403. The maximum Gasteiger partial charge on any atom is 0.255 e. The van der Waals surface area contributed by atoms with Crippen molar-refractivity contribution >= 4 is 21.8 Å². The summed E-state index contributed by atoms with van der Waals surface area (Å²) in [7, 11) is 0. The van der Waals surface area contributed by atoms with E-state index in [0.717, 1.165) is 10.0 Å². The topological polar surface area (TPSA) is 65.4 Å². The van der Waals surface area contributed by atoms with E-state index >= 15 is 0 Å². The van der Waals surface area contributed by atoms with Crippen molar-refractivity contribution in [3.05, 3.63) is 69.7 Å². The van der Waals surface area contributed by atoms with Crippen LogP contribution in [0.1, 0.15) is 34.6 Å². The molecule has 0 fully saturated rings. The molecule has 1 aliphatic rings. The van der Waals surface area contributed by atoms with Crippen molar-refractivity contribution in [1.29, 1.82) is 0 Å². The number of ether oxygens (including phenoxy) is 2. The zero-order valence-corrected chi connectivity index (χ0v) is 17.5. The van der Waals surface area contributed by atoms with Crippen LogP contribution in [-0.2, 0) is 0 Å². The number of amides is 1. The maximum atomic E-state index is 14.1. The highest BCUT2D eigenvalue weighted by Crippen LogP contribution is 2.37. The van der Waals surface area contributed by atoms with Crippen LogP contribution < -0.4 is 14.8 Å². The Morgan fingerprint density at radius 3 is 2.66 bits per heavy atom. The number of fused-ring (bicyclic) bond motifs is 1. The normalized spacial score (nSPS) is 13.8. The lowest BCUT2D eigenvalue weighted by atomic mass is 10.1. The summed E-state index contributed by atoms with van der Waals surface area (Å²) in [6, 6.07) is 9.71. The van der Waals surface area contributed by atoms with Gasteiger partial charge >= 0.3 is 0 Å². The second kappa shape index (κ2) is 7.87. The Kier molecular flexibility index (Phi) is 5.27. The average molecular weight is 460 g/mol. The van der Waals surface area contributed by atoms with Gasteiger partial charge in [0.1, 0.15) is 24.7 Å². The fourth-order valence-corrected chi connectivity index (χ4v) is 3.93. The number of rotatable bonds is 4. The zero-order valence-electron chi connectivity index (χ0n) is 15.9. The Morgan fingerprint density at radius 2 is 1.93 bits per heavy atom. The quantitative estimate of drug-likeness (QED) is 0.629. The molecule has 0 bridgehead atoms. The van der Waals surface area contributed by atoms with Crippen LogP contribution in [0.4, 0.5) is 4.39 Å². The molecular weight excluding hydrogens is 441 g/mol. The Bertz CT molecular complexity index is 1080. The van der Waals surface area contributed by atoms with Gasteiger partial charge in [-0.1, -0.05) is 28.1 Å². The van der Waals surface area contributed by atoms with Crippen LogP contribution in [0.15, 0.2) is 47.1 Å². The van der Waals surface area contributed by atoms with Crippen LogP contribution in [0.25, 0.3) is 5.69 Å². The van der Waals surface area contributed by atoms with Crippen molar-refractivity contribution in [1.82, 2.24) is 15.1 Å². The lowest BCUT2D eigenvalue weighted by molar-refractivity contribution is 0.0939. The van der Waals surface area contributed by atoms with Crippen molar-refractivity contribution < 1.29 is 18.7 Å². The van der Waals surface area contributed by atoms with E-state index in [0.29, 0.717) is 41.7 Å². The third-order valence-corrected chi connectivity index (χ3v) is 5.50. The summed E-state index contributed by atoms with van der Waals surface area (Å²) in [5, 5.41) is 7.16. The molecule has 1 aromatic heterocycles. The van der Waals surface area contributed by atoms with Gasteiger partial charge in [0.15, 0.2) is 11.5 Å². The molecule has 0 saturated heterocycles. The van der Waals surface area contributed by atoms with Crippen molar-refractivity contribution in [3.8, 4) is 17.2 Å². The Balaban J connectivity index is 1.57. The zero-order chi connectivity index (χ0) is 20.5. The number of carbonyl (C=O) groups excluding carboxylic acids is 1. The largest absolute Gasteiger partial charge is 0.486 e. The van der Waals surface area contributed by atoms with Gasteiger partial charge in [-0.2, -0.15) is 5.10 Å². The first kappa shape index (κ1) is 19.4. The molecule has 1 atom stereocenters. The van der Waals surface area contributed by atoms with E-state index < -0.39 is 5.82 Å². The van der Waals surface area contributed by atoms with Crippen LogP contribution in [0.2, 0.25) is 0 Å². The molecule has 150 valence electrons. The van der Waals surface area contributed by atoms with Gasteiger partial charge in [0, 0.05) is 4.47 Å². The molecule has 0 spiro atoms.